The minimum absolute atomic E-state index is 0.290. The number of rotatable bonds is 5. The highest BCUT2D eigenvalue weighted by Gasteiger charge is 2.28. The Balaban J connectivity index is 1.56. The lowest BCUT2D eigenvalue weighted by Gasteiger charge is -2.16. The van der Waals surface area contributed by atoms with Gasteiger partial charge in [-0.15, -0.1) is 11.3 Å². The molecule has 1 N–H and O–H groups in total. The van der Waals surface area contributed by atoms with Gasteiger partial charge in [0.1, 0.15) is 10.8 Å². The lowest BCUT2D eigenvalue weighted by molar-refractivity contribution is -0.121. The van der Waals surface area contributed by atoms with Crippen molar-refractivity contribution in [2.45, 2.75) is 38.7 Å². The van der Waals surface area contributed by atoms with Gasteiger partial charge in [0.15, 0.2) is 6.10 Å². The Morgan fingerprint density at radius 2 is 1.83 bits per heavy atom. The first-order chi connectivity index (χ1) is 14.1. The molecule has 5 nitrogen and oxygen atoms in total. The van der Waals surface area contributed by atoms with Crippen LogP contribution in [-0.4, -0.2) is 25.1 Å². The van der Waals surface area contributed by atoms with Crippen LogP contribution in [0.15, 0.2) is 42.5 Å². The number of methoxy groups -OCH3 is 1. The van der Waals surface area contributed by atoms with Gasteiger partial charge in [-0.05, 0) is 49.6 Å². The number of carbonyl (C=O) groups excluding carboxylic acids is 2. The number of hydrogen-bond donors (Lipinski definition) is 1. The first-order valence-corrected chi connectivity index (χ1v) is 10.6. The molecule has 0 spiro atoms. The molecule has 150 valence electrons. The Bertz CT molecular complexity index is 1070. The van der Waals surface area contributed by atoms with E-state index in [1.54, 1.807) is 6.92 Å². The van der Waals surface area contributed by atoms with E-state index in [2.05, 4.69) is 5.32 Å². The second kappa shape index (κ2) is 8.25. The molecule has 6 heteroatoms. The van der Waals surface area contributed by atoms with Gasteiger partial charge in [0, 0.05) is 10.3 Å². The number of benzene rings is 2. The molecule has 3 aromatic rings. The Hall–Kier alpha value is -2.86. The van der Waals surface area contributed by atoms with Crippen molar-refractivity contribution in [2.75, 3.05) is 12.4 Å². The number of esters is 1. The third-order valence-corrected chi connectivity index (χ3v) is 6.43. The van der Waals surface area contributed by atoms with Crippen LogP contribution in [0, 0.1) is 0 Å². The lowest BCUT2D eigenvalue weighted by atomic mass is 9.95. The smallest absolute Gasteiger partial charge is 0.341 e. The minimum atomic E-state index is -0.717. The molecule has 29 heavy (non-hydrogen) atoms. The number of ether oxygens (including phenoxy) is 2. The zero-order valence-corrected chi connectivity index (χ0v) is 17.3. The van der Waals surface area contributed by atoms with E-state index in [1.165, 1.54) is 18.4 Å². The summed E-state index contributed by atoms with van der Waals surface area (Å²) >= 11 is 1.47. The van der Waals surface area contributed by atoms with Crippen molar-refractivity contribution in [3.63, 3.8) is 0 Å². The number of carbonyl (C=O) groups is 2. The molecule has 0 unspecified atom stereocenters. The molecule has 1 aliphatic carbocycles. The zero-order valence-electron chi connectivity index (χ0n) is 16.5. The Kier molecular flexibility index (Phi) is 5.53. The van der Waals surface area contributed by atoms with E-state index in [-0.39, 0.29) is 5.91 Å². The summed E-state index contributed by atoms with van der Waals surface area (Å²) in [6.45, 7) is 1.71. The molecular weight excluding hydrogens is 386 g/mol. The maximum atomic E-state index is 12.8. The highest BCUT2D eigenvalue weighted by atomic mass is 32.1. The van der Waals surface area contributed by atoms with Crippen LogP contribution in [-0.2, 0) is 22.4 Å². The molecule has 0 saturated heterocycles. The third kappa shape index (κ3) is 3.85. The zero-order chi connectivity index (χ0) is 20.4. The maximum Gasteiger partial charge on any atom is 0.341 e. The molecule has 1 heterocycles. The minimum Gasteiger partial charge on any atom is -0.480 e. The van der Waals surface area contributed by atoms with Crippen molar-refractivity contribution in [3.8, 4) is 5.75 Å². The second-order valence-corrected chi connectivity index (χ2v) is 8.24. The fraction of sp³-hybridized carbons (Fsp3) is 0.304. The third-order valence-electron chi connectivity index (χ3n) is 5.22. The van der Waals surface area contributed by atoms with Crippen LogP contribution >= 0.6 is 11.3 Å². The van der Waals surface area contributed by atoms with Crippen molar-refractivity contribution >= 4 is 39.0 Å². The summed E-state index contributed by atoms with van der Waals surface area (Å²) in [5, 5.41) is 5.47. The van der Waals surface area contributed by atoms with Gasteiger partial charge in [0.05, 0.1) is 12.7 Å². The predicted octanol–water partition coefficient (Wildman–Crippen LogP) is 4.97. The molecule has 0 aliphatic heterocycles. The van der Waals surface area contributed by atoms with Crippen LogP contribution in [0.2, 0.25) is 0 Å². The van der Waals surface area contributed by atoms with Crippen LogP contribution in [0.3, 0.4) is 0 Å². The van der Waals surface area contributed by atoms with Crippen LogP contribution in [0.4, 0.5) is 5.00 Å². The molecule has 1 aliphatic rings. The first kappa shape index (κ1) is 19.5. The molecule has 1 atom stereocenters. The van der Waals surface area contributed by atoms with E-state index in [0.29, 0.717) is 16.3 Å². The van der Waals surface area contributed by atoms with E-state index in [1.807, 2.05) is 42.5 Å². The number of anilines is 1. The lowest BCUT2D eigenvalue weighted by Crippen LogP contribution is -2.30. The number of aryl methyl sites for hydroxylation is 1. The van der Waals surface area contributed by atoms with E-state index in [0.717, 1.165) is 46.9 Å². The molecular formula is C23H23NO4S. The number of thiophene rings is 1. The van der Waals surface area contributed by atoms with Gasteiger partial charge in [-0.25, -0.2) is 4.79 Å². The summed E-state index contributed by atoms with van der Waals surface area (Å²) in [4.78, 5) is 26.4. The summed E-state index contributed by atoms with van der Waals surface area (Å²) < 4.78 is 10.9. The largest absolute Gasteiger partial charge is 0.480 e. The second-order valence-electron chi connectivity index (χ2n) is 7.13. The highest BCUT2D eigenvalue weighted by Crippen LogP contribution is 2.38. The fourth-order valence-corrected chi connectivity index (χ4v) is 5.01. The summed E-state index contributed by atoms with van der Waals surface area (Å²) in [6, 6.07) is 13.7. The van der Waals surface area contributed by atoms with E-state index in [4.69, 9.17) is 9.47 Å². The number of nitrogens with one attached hydrogen (secondary N) is 1. The molecule has 4 rings (SSSR count). The standard InChI is InChI=1S/C23H23NO4S/c1-14(28-18-12-7-9-15-8-3-4-10-16(15)18)21(25)24-22-20(23(26)27-2)17-11-5-6-13-19(17)29-22/h3-4,7-10,12,14H,5-6,11,13H2,1-2H3,(H,24,25)/t14-/m0/s1. The molecule has 0 bridgehead atoms. The van der Waals surface area contributed by atoms with Gasteiger partial charge >= 0.3 is 5.97 Å². The van der Waals surface area contributed by atoms with E-state index >= 15 is 0 Å². The van der Waals surface area contributed by atoms with Crippen LogP contribution in [0.1, 0.15) is 40.6 Å². The maximum absolute atomic E-state index is 12.8. The van der Waals surface area contributed by atoms with Crippen molar-refractivity contribution < 1.29 is 19.1 Å². The molecule has 0 fully saturated rings. The average molecular weight is 410 g/mol. The highest BCUT2D eigenvalue weighted by molar-refractivity contribution is 7.17. The summed E-state index contributed by atoms with van der Waals surface area (Å²) in [5.41, 5.74) is 1.52. The monoisotopic (exact) mass is 409 g/mol. The van der Waals surface area contributed by atoms with Crippen LogP contribution < -0.4 is 10.1 Å². The van der Waals surface area contributed by atoms with Crippen molar-refractivity contribution in [2.24, 2.45) is 0 Å². The van der Waals surface area contributed by atoms with Crippen molar-refractivity contribution in [1.29, 1.82) is 0 Å². The molecule has 2 aromatic carbocycles. The number of hydrogen-bond acceptors (Lipinski definition) is 5. The Morgan fingerprint density at radius 1 is 1.07 bits per heavy atom. The molecule has 1 amide bonds. The summed E-state index contributed by atoms with van der Waals surface area (Å²) in [6.07, 6.45) is 3.20. The Morgan fingerprint density at radius 3 is 2.66 bits per heavy atom. The number of fused-ring (bicyclic) bond motifs is 2. The van der Waals surface area contributed by atoms with E-state index < -0.39 is 12.1 Å². The quantitative estimate of drug-likeness (QED) is 0.604. The van der Waals surface area contributed by atoms with E-state index in [9.17, 15) is 9.59 Å². The van der Waals surface area contributed by atoms with Gasteiger partial charge in [-0.1, -0.05) is 36.4 Å². The summed E-state index contributed by atoms with van der Waals surface area (Å²) in [5.74, 6) is -0.0339. The van der Waals surface area contributed by atoms with Gasteiger partial charge in [0.2, 0.25) is 0 Å². The molecule has 0 saturated carbocycles. The van der Waals surface area contributed by atoms with Crippen LogP contribution in [0.5, 0.6) is 5.75 Å². The fourth-order valence-electron chi connectivity index (χ4n) is 3.73. The normalized spacial score (nSPS) is 14.1. The van der Waals surface area contributed by atoms with Gasteiger partial charge < -0.3 is 14.8 Å². The van der Waals surface area contributed by atoms with Gasteiger partial charge in [-0.2, -0.15) is 0 Å². The summed E-state index contributed by atoms with van der Waals surface area (Å²) in [7, 11) is 1.37. The molecule has 0 radical (unpaired) electrons. The SMILES string of the molecule is COC(=O)c1c(NC(=O)[C@H](C)Oc2cccc3ccccc23)sc2c1CCCC2. The predicted molar refractivity (Wildman–Crippen MR) is 115 cm³/mol. The topological polar surface area (TPSA) is 64.6 Å². The average Bonchev–Trinajstić information content (AvgIpc) is 3.11. The van der Waals surface area contributed by atoms with Crippen LogP contribution in [0.25, 0.3) is 10.8 Å². The number of amides is 1. The first-order valence-electron chi connectivity index (χ1n) is 9.76. The van der Waals surface area contributed by atoms with Gasteiger partial charge in [-0.3, -0.25) is 4.79 Å². The molecule has 1 aromatic heterocycles. The van der Waals surface area contributed by atoms with Crippen molar-refractivity contribution in [3.05, 3.63) is 58.5 Å². The van der Waals surface area contributed by atoms with Gasteiger partial charge in [0.25, 0.3) is 5.91 Å². The van der Waals surface area contributed by atoms with Crippen molar-refractivity contribution in [1.82, 2.24) is 0 Å². The Labute approximate surface area is 173 Å².